The number of hydrogen-bond donors (Lipinski definition) is 1. The quantitative estimate of drug-likeness (QED) is 0.554. The lowest BCUT2D eigenvalue weighted by atomic mass is 10.1. The van der Waals surface area contributed by atoms with Crippen LogP contribution < -0.4 is 9.64 Å². The van der Waals surface area contributed by atoms with Crippen LogP contribution in [0, 0.1) is 11.3 Å². The number of carbonyl (C=O) groups is 1. The number of amides is 1. The Hall–Kier alpha value is -3.84. The molecule has 3 aromatic heterocycles. The van der Waals surface area contributed by atoms with Crippen LogP contribution in [0.2, 0.25) is 0 Å². The molecule has 0 aromatic carbocycles. The van der Waals surface area contributed by atoms with Gasteiger partial charge in [-0.3, -0.25) is 0 Å². The number of carbonyl (C=O) groups excluding carboxylic acids is 1. The van der Waals surface area contributed by atoms with Gasteiger partial charge in [-0.2, -0.15) is 10.4 Å². The number of ether oxygens (including phenoxy) is 2. The minimum absolute atomic E-state index is 0.108. The Labute approximate surface area is 217 Å². The summed E-state index contributed by atoms with van der Waals surface area (Å²) in [6.45, 7) is 11.7. The molecule has 0 saturated carbocycles. The van der Waals surface area contributed by atoms with E-state index in [1.54, 1.807) is 35.7 Å². The van der Waals surface area contributed by atoms with Gasteiger partial charge in [0.2, 0.25) is 0 Å². The van der Waals surface area contributed by atoms with E-state index in [1.165, 1.54) is 6.20 Å². The minimum atomic E-state index is -0.994. The number of nitriles is 1. The van der Waals surface area contributed by atoms with Crippen LogP contribution in [0.25, 0.3) is 16.6 Å². The Morgan fingerprint density at radius 3 is 2.57 bits per heavy atom. The van der Waals surface area contributed by atoms with E-state index in [1.807, 2.05) is 39.0 Å². The van der Waals surface area contributed by atoms with Crippen LogP contribution in [-0.4, -0.2) is 74.7 Å². The molecule has 1 N–H and O–H groups in total. The van der Waals surface area contributed by atoms with Crippen molar-refractivity contribution in [2.75, 3.05) is 37.7 Å². The zero-order chi connectivity index (χ0) is 26.8. The van der Waals surface area contributed by atoms with E-state index in [0.29, 0.717) is 36.5 Å². The molecule has 1 aliphatic heterocycles. The van der Waals surface area contributed by atoms with Gasteiger partial charge >= 0.3 is 6.09 Å². The molecule has 0 bridgehead atoms. The highest BCUT2D eigenvalue weighted by Gasteiger charge is 2.25. The molecule has 196 valence electrons. The SMILES string of the molecule is CC(C)(O)COc1cc(-c2ccc(N3CCCN(C(=O)OC(C)(C)C)CC3)nc2)c2c(C#N)cnn2c1. The summed E-state index contributed by atoms with van der Waals surface area (Å²) in [7, 11) is 0. The summed E-state index contributed by atoms with van der Waals surface area (Å²) < 4.78 is 13.0. The van der Waals surface area contributed by atoms with E-state index >= 15 is 0 Å². The molecule has 1 fully saturated rings. The maximum Gasteiger partial charge on any atom is 0.410 e. The van der Waals surface area contributed by atoms with Crippen molar-refractivity contribution < 1.29 is 19.4 Å². The van der Waals surface area contributed by atoms with Crippen LogP contribution in [0.15, 0.2) is 36.8 Å². The topological polar surface area (TPSA) is 116 Å². The van der Waals surface area contributed by atoms with Crippen LogP contribution in [0.1, 0.15) is 46.6 Å². The molecule has 4 heterocycles. The number of aliphatic hydroxyl groups is 1. The molecule has 1 amide bonds. The van der Waals surface area contributed by atoms with Crippen LogP contribution in [0.4, 0.5) is 10.6 Å². The highest BCUT2D eigenvalue weighted by molar-refractivity contribution is 5.85. The van der Waals surface area contributed by atoms with Gasteiger partial charge in [0.05, 0.1) is 29.1 Å². The van der Waals surface area contributed by atoms with E-state index in [0.717, 1.165) is 29.9 Å². The Morgan fingerprint density at radius 1 is 1.14 bits per heavy atom. The summed E-state index contributed by atoms with van der Waals surface area (Å²) in [5.41, 5.74) is 1.16. The number of anilines is 1. The molecule has 0 atom stereocenters. The second kappa shape index (κ2) is 10.3. The van der Waals surface area contributed by atoms with E-state index in [-0.39, 0.29) is 12.7 Å². The third kappa shape index (κ3) is 6.49. The highest BCUT2D eigenvalue weighted by Crippen LogP contribution is 2.31. The van der Waals surface area contributed by atoms with Crippen LogP contribution in [0.3, 0.4) is 0 Å². The number of nitrogens with zero attached hydrogens (tertiary/aromatic N) is 6. The second-order valence-corrected chi connectivity index (χ2v) is 10.9. The van der Waals surface area contributed by atoms with Gasteiger partial charge in [-0.05, 0) is 59.2 Å². The standard InChI is InChI=1S/C27H34N6O4/c1-26(2,3)37-25(34)32-10-6-9-31(11-12-32)23-8-7-19(15-29-23)22-13-21(36-18-27(4,5)35)17-33-24(22)20(14-28)16-30-33/h7-8,13,15-17,35H,6,9-12,18H2,1-5H3. The van der Waals surface area contributed by atoms with Crippen molar-refractivity contribution in [1.82, 2.24) is 19.5 Å². The molecule has 1 aliphatic rings. The molecule has 1 saturated heterocycles. The van der Waals surface area contributed by atoms with Gasteiger partial charge < -0.3 is 24.4 Å². The minimum Gasteiger partial charge on any atom is -0.489 e. The van der Waals surface area contributed by atoms with E-state index in [2.05, 4.69) is 16.1 Å². The molecule has 10 nitrogen and oxygen atoms in total. The monoisotopic (exact) mass is 506 g/mol. The van der Waals surface area contributed by atoms with Gasteiger partial charge in [0.1, 0.15) is 29.8 Å². The summed E-state index contributed by atoms with van der Waals surface area (Å²) in [6, 6.07) is 7.94. The van der Waals surface area contributed by atoms with Gasteiger partial charge in [0, 0.05) is 43.5 Å². The molecule has 0 aliphatic carbocycles. The molecular formula is C27H34N6O4. The van der Waals surface area contributed by atoms with Gasteiger partial charge in [-0.15, -0.1) is 0 Å². The van der Waals surface area contributed by atoms with E-state index in [4.69, 9.17) is 14.5 Å². The maximum atomic E-state index is 12.5. The van der Waals surface area contributed by atoms with Crippen LogP contribution in [-0.2, 0) is 4.74 Å². The lowest BCUT2D eigenvalue weighted by molar-refractivity contribution is 0.0262. The van der Waals surface area contributed by atoms with Crippen molar-refractivity contribution in [2.24, 2.45) is 0 Å². The van der Waals surface area contributed by atoms with Gasteiger partial charge in [0.25, 0.3) is 0 Å². The van der Waals surface area contributed by atoms with Crippen LogP contribution >= 0.6 is 0 Å². The lowest BCUT2D eigenvalue weighted by Crippen LogP contribution is -2.39. The summed E-state index contributed by atoms with van der Waals surface area (Å²) in [5, 5.41) is 24.0. The fourth-order valence-corrected chi connectivity index (χ4v) is 4.13. The number of pyridine rings is 2. The Kier molecular flexibility index (Phi) is 7.28. The second-order valence-electron chi connectivity index (χ2n) is 10.9. The van der Waals surface area contributed by atoms with E-state index in [9.17, 15) is 15.2 Å². The summed E-state index contributed by atoms with van der Waals surface area (Å²) in [6.07, 6.45) is 5.51. The molecule has 0 spiro atoms. The first-order valence-electron chi connectivity index (χ1n) is 12.4. The van der Waals surface area contributed by atoms with Gasteiger partial charge in [0.15, 0.2) is 0 Å². The number of aromatic nitrogens is 3. The van der Waals surface area contributed by atoms with Crippen molar-refractivity contribution in [2.45, 2.75) is 52.2 Å². The zero-order valence-corrected chi connectivity index (χ0v) is 22.1. The molecule has 0 unspecified atom stereocenters. The fourth-order valence-electron chi connectivity index (χ4n) is 4.13. The maximum absolute atomic E-state index is 12.5. The predicted molar refractivity (Wildman–Crippen MR) is 140 cm³/mol. The zero-order valence-electron chi connectivity index (χ0n) is 22.1. The summed E-state index contributed by atoms with van der Waals surface area (Å²) in [4.78, 5) is 21.1. The average molecular weight is 507 g/mol. The molecule has 37 heavy (non-hydrogen) atoms. The van der Waals surface area contributed by atoms with E-state index < -0.39 is 11.2 Å². The van der Waals surface area contributed by atoms with Gasteiger partial charge in [-0.1, -0.05) is 0 Å². The number of hydrogen-bond acceptors (Lipinski definition) is 8. The van der Waals surface area contributed by atoms with Gasteiger partial charge in [-0.25, -0.2) is 14.3 Å². The van der Waals surface area contributed by atoms with Crippen molar-refractivity contribution >= 4 is 17.4 Å². The molecular weight excluding hydrogens is 472 g/mol. The van der Waals surface area contributed by atoms with Crippen molar-refractivity contribution in [3.63, 3.8) is 0 Å². The normalized spacial score (nSPS) is 14.8. The molecule has 4 rings (SSSR count). The van der Waals surface area contributed by atoms with Crippen molar-refractivity contribution in [3.05, 3.63) is 42.4 Å². The lowest BCUT2D eigenvalue weighted by Gasteiger charge is -2.26. The first kappa shape index (κ1) is 26.2. The Bertz CT molecular complexity index is 1300. The molecule has 0 radical (unpaired) electrons. The smallest absolute Gasteiger partial charge is 0.410 e. The Morgan fingerprint density at radius 2 is 1.92 bits per heavy atom. The predicted octanol–water partition coefficient (Wildman–Crippen LogP) is 3.86. The number of fused-ring (bicyclic) bond motifs is 1. The Balaban J connectivity index is 1.56. The molecule has 10 heteroatoms. The fraction of sp³-hybridized carbons (Fsp3) is 0.481. The average Bonchev–Trinajstić information content (AvgIpc) is 3.08. The largest absolute Gasteiger partial charge is 0.489 e. The summed E-state index contributed by atoms with van der Waals surface area (Å²) in [5.74, 6) is 1.34. The third-order valence-electron chi connectivity index (χ3n) is 5.83. The summed E-state index contributed by atoms with van der Waals surface area (Å²) >= 11 is 0. The highest BCUT2D eigenvalue weighted by atomic mass is 16.6. The van der Waals surface area contributed by atoms with Crippen molar-refractivity contribution in [1.29, 1.82) is 5.26 Å². The van der Waals surface area contributed by atoms with Crippen molar-refractivity contribution in [3.8, 4) is 22.9 Å². The first-order valence-corrected chi connectivity index (χ1v) is 12.4. The van der Waals surface area contributed by atoms with Crippen LogP contribution in [0.5, 0.6) is 5.75 Å². The third-order valence-corrected chi connectivity index (χ3v) is 5.83. The number of rotatable bonds is 5. The molecule has 3 aromatic rings. The first-order chi connectivity index (χ1) is 17.4.